The summed E-state index contributed by atoms with van der Waals surface area (Å²) >= 11 is 0. The van der Waals surface area contributed by atoms with Gasteiger partial charge in [-0.2, -0.15) is 0 Å². The predicted molar refractivity (Wildman–Crippen MR) is 46.6 cm³/mol. The van der Waals surface area contributed by atoms with Crippen molar-refractivity contribution in [3.63, 3.8) is 0 Å². The first-order valence-electron chi connectivity index (χ1n) is 4.84. The number of nitrogens with one attached hydrogen (secondary N) is 2. The lowest BCUT2D eigenvalue weighted by molar-refractivity contribution is 0.339. The SMILES string of the molecule is CC1CNC2CCCC(C2)N1. The molecule has 11 heavy (non-hydrogen) atoms. The number of fused-ring (bicyclic) bond motifs is 2. The normalized spacial score (nSPS) is 45.0. The summed E-state index contributed by atoms with van der Waals surface area (Å²) in [7, 11) is 0. The van der Waals surface area contributed by atoms with Crippen molar-refractivity contribution in [2.45, 2.75) is 50.7 Å². The van der Waals surface area contributed by atoms with Gasteiger partial charge in [0.15, 0.2) is 0 Å². The zero-order chi connectivity index (χ0) is 7.68. The van der Waals surface area contributed by atoms with Gasteiger partial charge < -0.3 is 10.6 Å². The highest BCUT2D eigenvalue weighted by atomic mass is 15.1. The van der Waals surface area contributed by atoms with E-state index in [1.54, 1.807) is 0 Å². The molecule has 3 atom stereocenters. The van der Waals surface area contributed by atoms with Crippen molar-refractivity contribution in [2.75, 3.05) is 6.54 Å². The molecule has 2 aliphatic rings. The van der Waals surface area contributed by atoms with Crippen LogP contribution >= 0.6 is 0 Å². The van der Waals surface area contributed by atoms with E-state index >= 15 is 0 Å². The summed E-state index contributed by atoms with van der Waals surface area (Å²) in [5.74, 6) is 0. The molecule has 2 heteroatoms. The van der Waals surface area contributed by atoms with Crippen LogP contribution in [-0.4, -0.2) is 24.7 Å². The maximum atomic E-state index is 3.65. The van der Waals surface area contributed by atoms with E-state index in [2.05, 4.69) is 17.6 Å². The van der Waals surface area contributed by atoms with Gasteiger partial charge in [-0.1, -0.05) is 6.42 Å². The van der Waals surface area contributed by atoms with E-state index in [-0.39, 0.29) is 0 Å². The molecule has 1 saturated heterocycles. The van der Waals surface area contributed by atoms with Gasteiger partial charge in [-0.25, -0.2) is 0 Å². The van der Waals surface area contributed by atoms with E-state index in [1.807, 2.05) is 0 Å². The largest absolute Gasteiger partial charge is 0.312 e. The van der Waals surface area contributed by atoms with Crippen LogP contribution in [0, 0.1) is 0 Å². The topological polar surface area (TPSA) is 24.1 Å². The average Bonchev–Trinajstić information content (AvgIpc) is 2.12. The smallest absolute Gasteiger partial charge is 0.0166 e. The van der Waals surface area contributed by atoms with Crippen molar-refractivity contribution in [1.29, 1.82) is 0 Å². The molecule has 0 aromatic heterocycles. The molecule has 2 fully saturated rings. The van der Waals surface area contributed by atoms with Crippen LogP contribution in [0.5, 0.6) is 0 Å². The van der Waals surface area contributed by atoms with Gasteiger partial charge >= 0.3 is 0 Å². The molecule has 0 aromatic rings. The standard InChI is InChI=1S/C9H18N2/c1-7-6-10-8-3-2-4-9(5-8)11-7/h7-11H,2-6H2,1H3. The molecule has 0 radical (unpaired) electrons. The lowest BCUT2D eigenvalue weighted by Crippen LogP contribution is -2.38. The van der Waals surface area contributed by atoms with Crippen LogP contribution in [0.1, 0.15) is 32.6 Å². The first-order valence-corrected chi connectivity index (χ1v) is 4.84. The predicted octanol–water partition coefficient (Wildman–Crippen LogP) is 0.879. The van der Waals surface area contributed by atoms with Gasteiger partial charge in [-0.15, -0.1) is 0 Å². The Morgan fingerprint density at radius 1 is 1.18 bits per heavy atom. The number of hydrogen-bond donors (Lipinski definition) is 2. The highest BCUT2D eigenvalue weighted by Crippen LogP contribution is 2.20. The summed E-state index contributed by atoms with van der Waals surface area (Å²) < 4.78 is 0. The molecule has 0 spiro atoms. The zero-order valence-corrected chi connectivity index (χ0v) is 7.27. The average molecular weight is 154 g/mol. The van der Waals surface area contributed by atoms with Gasteiger partial charge in [0.2, 0.25) is 0 Å². The van der Waals surface area contributed by atoms with Gasteiger partial charge in [-0.3, -0.25) is 0 Å². The van der Waals surface area contributed by atoms with Gasteiger partial charge in [0.05, 0.1) is 0 Å². The molecule has 2 nitrogen and oxygen atoms in total. The Morgan fingerprint density at radius 2 is 2.00 bits per heavy atom. The van der Waals surface area contributed by atoms with Crippen molar-refractivity contribution in [3.05, 3.63) is 0 Å². The fourth-order valence-corrected chi connectivity index (χ4v) is 2.33. The Hall–Kier alpha value is -0.0800. The molecule has 1 aliphatic heterocycles. The molecule has 3 unspecified atom stereocenters. The highest BCUT2D eigenvalue weighted by molar-refractivity contribution is 4.87. The Bertz CT molecular complexity index is 134. The maximum absolute atomic E-state index is 3.65. The minimum Gasteiger partial charge on any atom is -0.312 e. The van der Waals surface area contributed by atoms with Crippen molar-refractivity contribution in [3.8, 4) is 0 Å². The van der Waals surface area contributed by atoms with Gasteiger partial charge in [0, 0.05) is 24.7 Å². The Kier molecular flexibility index (Phi) is 2.14. The van der Waals surface area contributed by atoms with Crippen LogP contribution < -0.4 is 10.6 Å². The molecule has 0 aromatic carbocycles. The molecule has 2 N–H and O–H groups in total. The lowest BCUT2D eigenvalue weighted by Gasteiger charge is -2.26. The second kappa shape index (κ2) is 3.11. The van der Waals surface area contributed by atoms with E-state index < -0.39 is 0 Å². The number of hydrogen-bond acceptors (Lipinski definition) is 2. The first kappa shape index (κ1) is 7.56. The van der Waals surface area contributed by atoms with Crippen LogP contribution in [0.25, 0.3) is 0 Å². The summed E-state index contributed by atoms with van der Waals surface area (Å²) in [5, 5.41) is 7.25. The Balaban J connectivity index is 1.98. The van der Waals surface area contributed by atoms with Gasteiger partial charge in [0.1, 0.15) is 0 Å². The van der Waals surface area contributed by atoms with Crippen LogP contribution in [0.3, 0.4) is 0 Å². The van der Waals surface area contributed by atoms with Crippen LogP contribution in [0.2, 0.25) is 0 Å². The first-order chi connectivity index (χ1) is 5.34. The Labute approximate surface area is 68.7 Å². The van der Waals surface area contributed by atoms with E-state index in [0.29, 0.717) is 6.04 Å². The second-order valence-corrected chi connectivity index (χ2v) is 4.04. The third kappa shape index (κ3) is 1.74. The maximum Gasteiger partial charge on any atom is 0.0166 e. The molecular formula is C9H18N2. The van der Waals surface area contributed by atoms with E-state index in [4.69, 9.17) is 0 Å². The van der Waals surface area contributed by atoms with Crippen LogP contribution in [0.15, 0.2) is 0 Å². The summed E-state index contributed by atoms with van der Waals surface area (Å²) in [4.78, 5) is 0. The minimum atomic E-state index is 0.670. The molecule has 0 amide bonds. The molecule has 1 aliphatic carbocycles. The minimum absolute atomic E-state index is 0.670. The van der Waals surface area contributed by atoms with Crippen molar-refractivity contribution < 1.29 is 0 Å². The van der Waals surface area contributed by atoms with E-state index in [1.165, 1.54) is 25.7 Å². The number of rotatable bonds is 0. The summed E-state index contributed by atoms with van der Waals surface area (Å²) in [6.45, 7) is 3.43. The highest BCUT2D eigenvalue weighted by Gasteiger charge is 2.25. The fourth-order valence-electron chi connectivity index (χ4n) is 2.33. The molecule has 2 rings (SSSR count). The fraction of sp³-hybridized carbons (Fsp3) is 1.00. The lowest BCUT2D eigenvalue weighted by atomic mass is 9.92. The van der Waals surface area contributed by atoms with Gasteiger partial charge in [0.25, 0.3) is 0 Å². The molecule has 1 heterocycles. The monoisotopic (exact) mass is 154 g/mol. The zero-order valence-electron chi connectivity index (χ0n) is 7.27. The quantitative estimate of drug-likeness (QED) is 0.541. The molecule has 64 valence electrons. The van der Waals surface area contributed by atoms with Crippen molar-refractivity contribution >= 4 is 0 Å². The van der Waals surface area contributed by atoms with Crippen LogP contribution in [-0.2, 0) is 0 Å². The third-order valence-corrected chi connectivity index (χ3v) is 2.91. The summed E-state index contributed by atoms with van der Waals surface area (Å²) in [5.41, 5.74) is 0. The Morgan fingerprint density at radius 3 is 2.91 bits per heavy atom. The van der Waals surface area contributed by atoms with Crippen molar-refractivity contribution in [2.24, 2.45) is 0 Å². The summed E-state index contributed by atoms with van der Waals surface area (Å²) in [6.07, 6.45) is 5.54. The molecule has 1 saturated carbocycles. The van der Waals surface area contributed by atoms with E-state index in [0.717, 1.165) is 18.6 Å². The van der Waals surface area contributed by atoms with Crippen LogP contribution in [0.4, 0.5) is 0 Å². The van der Waals surface area contributed by atoms with E-state index in [9.17, 15) is 0 Å². The van der Waals surface area contributed by atoms with Crippen molar-refractivity contribution in [1.82, 2.24) is 10.6 Å². The molecular weight excluding hydrogens is 136 g/mol. The van der Waals surface area contributed by atoms with Gasteiger partial charge in [-0.05, 0) is 26.2 Å². The molecule has 2 bridgehead atoms. The third-order valence-electron chi connectivity index (χ3n) is 2.91. The second-order valence-electron chi connectivity index (χ2n) is 4.04. The summed E-state index contributed by atoms with van der Waals surface area (Å²) in [6, 6.07) is 2.29.